The van der Waals surface area contributed by atoms with E-state index in [0.717, 1.165) is 4.73 Å². The van der Waals surface area contributed by atoms with E-state index >= 15 is 0 Å². The van der Waals surface area contributed by atoms with Crippen molar-refractivity contribution in [1.82, 2.24) is 5.32 Å². The molecule has 2 N–H and O–H groups in total. The van der Waals surface area contributed by atoms with Crippen molar-refractivity contribution in [2.45, 2.75) is 18.8 Å². The lowest BCUT2D eigenvalue weighted by Crippen LogP contribution is -2.35. The van der Waals surface area contributed by atoms with Gasteiger partial charge in [-0.1, -0.05) is 6.07 Å². The summed E-state index contributed by atoms with van der Waals surface area (Å²) in [5, 5.41) is 11.4. The summed E-state index contributed by atoms with van der Waals surface area (Å²) in [6, 6.07) is 5.34. The Bertz CT molecular complexity index is 272. The number of hydrogen-bond acceptors (Lipinski definition) is 2. The molecular formula is C10H15F2N2O+. The molecule has 1 aromatic heterocycles. The van der Waals surface area contributed by atoms with Crippen LogP contribution in [0, 0.1) is 0 Å². The van der Waals surface area contributed by atoms with Gasteiger partial charge in [-0.25, -0.2) is 8.78 Å². The van der Waals surface area contributed by atoms with Gasteiger partial charge >= 0.3 is 0 Å². The second-order valence-electron chi connectivity index (χ2n) is 3.36. The molecule has 1 aliphatic rings. The molecule has 1 saturated heterocycles. The predicted molar refractivity (Wildman–Crippen MR) is 50.9 cm³/mol. The van der Waals surface area contributed by atoms with Crippen LogP contribution in [0.15, 0.2) is 30.6 Å². The average Bonchev–Trinajstić information content (AvgIpc) is 2.19. The first kappa shape index (κ1) is 11.8. The summed E-state index contributed by atoms with van der Waals surface area (Å²) in [6.45, 7) is 0.931. The average molecular weight is 217 g/mol. The Morgan fingerprint density at radius 2 is 1.60 bits per heavy atom. The minimum Gasteiger partial charge on any atom is -0.316 e. The van der Waals surface area contributed by atoms with Gasteiger partial charge in [0.2, 0.25) is 12.4 Å². The Balaban J connectivity index is 0.000000151. The van der Waals surface area contributed by atoms with E-state index in [2.05, 4.69) is 5.32 Å². The summed E-state index contributed by atoms with van der Waals surface area (Å²) in [5.74, 6) is -2.38. The summed E-state index contributed by atoms with van der Waals surface area (Å²) in [4.78, 5) is 0. The van der Waals surface area contributed by atoms with Crippen LogP contribution in [0.25, 0.3) is 0 Å². The molecule has 1 aliphatic heterocycles. The molecule has 15 heavy (non-hydrogen) atoms. The van der Waals surface area contributed by atoms with Gasteiger partial charge in [0.25, 0.3) is 5.92 Å². The number of aromatic nitrogens is 1. The van der Waals surface area contributed by atoms with Gasteiger partial charge < -0.3 is 5.32 Å². The van der Waals surface area contributed by atoms with Crippen LogP contribution in [0.4, 0.5) is 8.78 Å². The topological polar surface area (TPSA) is 36.1 Å². The monoisotopic (exact) mass is 217 g/mol. The van der Waals surface area contributed by atoms with Crippen molar-refractivity contribution in [2.24, 2.45) is 0 Å². The third-order valence-corrected chi connectivity index (χ3v) is 2.03. The number of pyridine rings is 1. The molecule has 0 unspecified atom stereocenters. The van der Waals surface area contributed by atoms with Crippen LogP contribution in [-0.4, -0.2) is 24.2 Å². The maximum atomic E-state index is 12.2. The predicted octanol–water partition coefficient (Wildman–Crippen LogP) is 1.22. The molecule has 2 heterocycles. The second kappa shape index (κ2) is 5.60. The van der Waals surface area contributed by atoms with E-state index in [1.165, 1.54) is 0 Å². The van der Waals surface area contributed by atoms with E-state index in [4.69, 9.17) is 5.21 Å². The lowest BCUT2D eigenvalue weighted by Gasteiger charge is -2.21. The molecule has 5 heteroatoms. The van der Waals surface area contributed by atoms with Crippen molar-refractivity contribution in [3.63, 3.8) is 0 Å². The quantitative estimate of drug-likeness (QED) is 0.506. The third kappa shape index (κ3) is 5.27. The second-order valence-corrected chi connectivity index (χ2v) is 3.36. The normalized spacial score (nSPS) is 18.8. The number of nitrogens with one attached hydrogen (secondary N) is 1. The van der Waals surface area contributed by atoms with Crippen molar-refractivity contribution in [3.05, 3.63) is 30.6 Å². The number of piperidine rings is 1. The van der Waals surface area contributed by atoms with Crippen LogP contribution in [0.3, 0.4) is 0 Å². The van der Waals surface area contributed by atoms with Crippen LogP contribution in [0.5, 0.6) is 0 Å². The fraction of sp³-hybridized carbons (Fsp3) is 0.500. The van der Waals surface area contributed by atoms with Gasteiger partial charge in [-0.2, -0.15) is 0 Å². The van der Waals surface area contributed by atoms with E-state index in [-0.39, 0.29) is 12.8 Å². The van der Waals surface area contributed by atoms with E-state index in [0.29, 0.717) is 13.1 Å². The number of halogens is 2. The van der Waals surface area contributed by atoms with Gasteiger partial charge in [-0.05, 0) is 0 Å². The molecule has 3 nitrogen and oxygen atoms in total. The van der Waals surface area contributed by atoms with Gasteiger partial charge in [0.05, 0.1) is 0 Å². The molecule has 0 aliphatic carbocycles. The van der Waals surface area contributed by atoms with E-state index in [1.807, 2.05) is 6.07 Å². The number of rotatable bonds is 0. The summed E-state index contributed by atoms with van der Waals surface area (Å²) >= 11 is 0. The fourth-order valence-electron chi connectivity index (χ4n) is 1.18. The van der Waals surface area contributed by atoms with Crippen molar-refractivity contribution in [1.29, 1.82) is 0 Å². The molecule has 0 bridgehead atoms. The van der Waals surface area contributed by atoms with Crippen LogP contribution < -0.4 is 10.0 Å². The van der Waals surface area contributed by atoms with Crippen molar-refractivity contribution >= 4 is 0 Å². The number of nitrogens with zero attached hydrogens (tertiary/aromatic N) is 1. The molecular weight excluding hydrogens is 202 g/mol. The molecule has 2 rings (SSSR count). The first-order valence-corrected chi connectivity index (χ1v) is 4.84. The zero-order valence-electron chi connectivity index (χ0n) is 8.37. The highest BCUT2D eigenvalue weighted by molar-refractivity contribution is 4.82. The first-order valence-electron chi connectivity index (χ1n) is 4.84. The highest BCUT2D eigenvalue weighted by Crippen LogP contribution is 2.23. The smallest absolute Gasteiger partial charge is 0.250 e. The van der Waals surface area contributed by atoms with E-state index in [1.54, 1.807) is 24.5 Å². The largest absolute Gasteiger partial charge is 0.316 e. The Kier molecular flexibility index (Phi) is 4.42. The van der Waals surface area contributed by atoms with E-state index < -0.39 is 5.92 Å². The number of alkyl halides is 2. The fourth-order valence-corrected chi connectivity index (χ4v) is 1.18. The zero-order chi connectivity index (χ0) is 11.1. The molecule has 84 valence electrons. The Labute approximate surface area is 87.3 Å². The summed E-state index contributed by atoms with van der Waals surface area (Å²) in [5.41, 5.74) is 0. The first-order chi connectivity index (χ1) is 7.10. The zero-order valence-corrected chi connectivity index (χ0v) is 8.37. The molecule has 1 fully saturated rings. The van der Waals surface area contributed by atoms with Gasteiger partial charge in [0, 0.05) is 42.8 Å². The van der Waals surface area contributed by atoms with Crippen molar-refractivity contribution in [3.8, 4) is 0 Å². The molecule has 0 radical (unpaired) electrons. The molecule has 0 saturated carbocycles. The van der Waals surface area contributed by atoms with Crippen molar-refractivity contribution in [2.75, 3.05) is 13.1 Å². The third-order valence-electron chi connectivity index (χ3n) is 2.03. The van der Waals surface area contributed by atoms with E-state index in [9.17, 15) is 8.78 Å². The number of hydrogen-bond donors (Lipinski definition) is 2. The molecule has 0 amide bonds. The lowest BCUT2D eigenvalue weighted by molar-refractivity contribution is -0.904. The summed E-state index contributed by atoms with van der Waals surface area (Å²) in [6.07, 6.45) is 3.12. The maximum absolute atomic E-state index is 12.2. The summed E-state index contributed by atoms with van der Waals surface area (Å²) < 4.78 is 25.3. The maximum Gasteiger partial charge on any atom is 0.250 e. The minimum atomic E-state index is -2.38. The Morgan fingerprint density at radius 3 is 1.87 bits per heavy atom. The van der Waals surface area contributed by atoms with Crippen LogP contribution in [-0.2, 0) is 0 Å². The molecule has 0 atom stereocenters. The van der Waals surface area contributed by atoms with Crippen LogP contribution in [0.1, 0.15) is 12.8 Å². The molecule has 1 aromatic rings. The van der Waals surface area contributed by atoms with Crippen molar-refractivity contribution < 1.29 is 18.7 Å². The van der Waals surface area contributed by atoms with Gasteiger partial charge in [-0.15, -0.1) is 0 Å². The van der Waals surface area contributed by atoms with Gasteiger partial charge in [0.15, 0.2) is 0 Å². The minimum absolute atomic E-state index is 0.00694. The highest BCUT2D eigenvalue weighted by atomic mass is 19.3. The van der Waals surface area contributed by atoms with Gasteiger partial charge in [0.1, 0.15) is 0 Å². The standard InChI is InChI=1S/C5H9F2N.C5H6NO/c6-5(7)1-3-8-4-2-5;7-6-4-2-1-3-5-6/h8H,1-4H2;1-5,7H/q;+1. The SMILES string of the molecule is FC1(F)CCNCC1.O[n+]1ccccc1. The van der Waals surface area contributed by atoms with Gasteiger partial charge in [-0.3, -0.25) is 5.21 Å². The Morgan fingerprint density at radius 1 is 1.07 bits per heavy atom. The molecule has 0 aromatic carbocycles. The highest BCUT2D eigenvalue weighted by Gasteiger charge is 2.30. The van der Waals surface area contributed by atoms with Crippen LogP contribution in [0.2, 0.25) is 0 Å². The van der Waals surface area contributed by atoms with Crippen LogP contribution >= 0.6 is 0 Å². The lowest BCUT2D eigenvalue weighted by atomic mass is 10.1. The summed E-state index contributed by atoms with van der Waals surface area (Å²) in [7, 11) is 0. The molecule has 0 spiro atoms. The Hall–Kier alpha value is -1.23.